The molecule has 0 aromatic rings. The lowest BCUT2D eigenvalue weighted by Crippen LogP contribution is -2.32. The largest absolute Gasteiger partial charge is 0.465 e. The molecule has 5 nitrogen and oxygen atoms in total. The van der Waals surface area contributed by atoms with Crippen LogP contribution in [0.5, 0.6) is 0 Å². The molecule has 0 aliphatic rings. The highest BCUT2D eigenvalue weighted by atomic mass is 16.4. The Hall–Kier alpha value is -1.35. The zero-order valence-electron chi connectivity index (χ0n) is 5.74. The van der Waals surface area contributed by atoms with Gasteiger partial charge in [-0.25, -0.2) is 9.59 Å². The van der Waals surface area contributed by atoms with Crippen molar-refractivity contribution in [2.45, 2.75) is 13.1 Å². The molecule has 0 saturated heterocycles. The number of carbonyl (C=O) groups excluding carboxylic acids is 1. The Morgan fingerprint density at radius 3 is 2.60 bits per heavy atom. The van der Waals surface area contributed by atoms with E-state index in [-0.39, 0.29) is 0 Å². The van der Waals surface area contributed by atoms with Crippen molar-refractivity contribution in [1.29, 1.82) is 0 Å². The van der Waals surface area contributed by atoms with Gasteiger partial charge < -0.3 is 5.11 Å². The first-order valence-corrected chi connectivity index (χ1v) is 2.62. The average molecular weight is 144 g/mol. The highest BCUT2D eigenvalue weighted by Crippen LogP contribution is 1.94. The van der Waals surface area contributed by atoms with Crippen LogP contribution in [0.4, 0.5) is 4.79 Å². The lowest BCUT2D eigenvalue weighted by Gasteiger charge is -2.15. The minimum atomic E-state index is -1.12. The summed E-state index contributed by atoms with van der Waals surface area (Å²) in [6.45, 7) is 1.49. The highest BCUT2D eigenvalue weighted by molar-refractivity contribution is 5.65. The molecular weight excluding hydrogens is 136 g/mol. The van der Waals surface area contributed by atoms with Gasteiger partial charge in [0.15, 0.2) is 0 Å². The van der Waals surface area contributed by atoms with Crippen molar-refractivity contribution in [3.63, 3.8) is 0 Å². The molecule has 5 heteroatoms. The standard InChI is InChI=1S/C5H8N2O3/c1-4(6-3-8)7(2)5(9)10/h4H,1-2H3,(H,9,10)/t4-/m0/s1. The number of nitrogens with zero attached hydrogens (tertiary/aromatic N) is 2. The van der Waals surface area contributed by atoms with Crippen molar-refractivity contribution >= 4 is 12.2 Å². The molecule has 1 amide bonds. The van der Waals surface area contributed by atoms with Gasteiger partial charge >= 0.3 is 6.09 Å². The van der Waals surface area contributed by atoms with Gasteiger partial charge in [0.25, 0.3) is 0 Å². The Morgan fingerprint density at radius 2 is 2.30 bits per heavy atom. The van der Waals surface area contributed by atoms with Crippen molar-refractivity contribution in [2.24, 2.45) is 4.99 Å². The van der Waals surface area contributed by atoms with Crippen molar-refractivity contribution in [1.82, 2.24) is 4.90 Å². The summed E-state index contributed by atoms with van der Waals surface area (Å²) in [6.07, 6.45) is -0.503. The monoisotopic (exact) mass is 144 g/mol. The molecule has 0 radical (unpaired) electrons. The third-order valence-corrected chi connectivity index (χ3v) is 1.10. The van der Waals surface area contributed by atoms with Crippen molar-refractivity contribution in [3.05, 3.63) is 0 Å². The molecule has 56 valence electrons. The van der Waals surface area contributed by atoms with Crippen molar-refractivity contribution in [2.75, 3.05) is 7.05 Å². The van der Waals surface area contributed by atoms with Gasteiger partial charge in [0.1, 0.15) is 6.17 Å². The second-order valence-corrected chi connectivity index (χ2v) is 1.75. The van der Waals surface area contributed by atoms with E-state index < -0.39 is 12.3 Å². The fourth-order valence-corrected chi connectivity index (χ4v) is 0.323. The van der Waals surface area contributed by atoms with E-state index in [0.717, 1.165) is 4.90 Å². The summed E-state index contributed by atoms with van der Waals surface area (Å²) >= 11 is 0. The maximum absolute atomic E-state index is 10.2. The summed E-state index contributed by atoms with van der Waals surface area (Å²) in [4.78, 5) is 23.9. The first-order chi connectivity index (χ1) is 4.59. The Morgan fingerprint density at radius 1 is 1.80 bits per heavy atom. The van der Waals surface area contributed by atoms with Gasteiger partial charge in [-0.2, -0.15) is 4.99 Å². The van der Waals surface area contributed by atoms with E-state index in [9.17, 15) is 9.59 Å². The maximum atomic E-state index is 10.2. The van der Waals surface area contributed by atoms with Crippen LogP contribution >= 0.6 is 0 Å². The van der Waals surface area contributed by atoms with Gasteiger partial charge in [-0.05, 0) is 6.92 Å². The Kier molecular flexibility index (Phi) is 3.14. The van der Waals surface area contributed by atoms with Gasteiger partial charge in [-0.3, -0.25) is 4.90 Å². The van der Waals surface area contributed by atoms with Crippen LogP contribution in [0.15, 0.2) is 4.99 Å². The molecule has 0 rings (SSSR count). The molecule has 10 heavy (non-hydrogen) atoms. The third kappa shape index (κ3) is 2.28. The summed E-state index contributed by atoms with van der Waals surface area (Å²) in [6, 6.07) is 0. The maximum Gasteiger partial charge on any atom is 0.408 e. The SMILES string of the molecule is C[C@@H](N=C=O)N(C)C(=O)O. The normalized spacial score (nSPS) is 11.4. The molecule has 1 atom stereocenters. The topological polar surface area (TPSA) is 70.0 Å². The third-order valence-electron chi connectivity index (χ3n) is 1.10. The molecule has 0 unspecified atom stereocenters. The zero-order valence-corrected chi connectivity index (χ0v) is 5.74. The van der Waals surface area contributed by atoms with Gasteiger partial charge in [-0.1, -0.05) is 0 Å². The number of amides is 1. The van der Waals surface area contributed by atoms with Gasteiger partial charge in [0.2, 0.25) is 6.08 Å². The number of isocyanates is 1. The number of aliphatic imine (C=N–C) groups is 1. The summed E-state index contributed by atoms with van der Waals surface area (Å²) in [5.74, 6) is 0. The van der Waals surface area contributed by atoms with Crippen LogP contribution in [0.25, 0.3) is 0 Å². The van der Waals surface area contributed by atoms with Crippen molar-refractivity contribution in [3.8, 4) is 0 Å². The fourth-order valence-electron chi connectivity index (χ4n) is 0.323. The van der Waals surface area contributed by atoms with Crippen molar-refractivity contribution < 1.29 is 14.7 Å². The lowest BCUT2D eigenvalue weighted by atomic mass is 10.5. The summed E-state index contributed by atoms with van der Waals surface area (Å²) < 4.78 is 0. The number of rotatable bonds is 2. The zero-order chi connectivity index (χ0) is 8.15. The Balaban J connectivity index is 4.06. The minimum Gasteiger partial charge on any atom is -0.465 e. The lowest BCUT2D eigenvalue weighted by molar-refractivity contribution is 0.143. The van der Waals surface area contributed by atoms with E-state index in [4.69, 9.17) is 5.11 Å². The summed E-state index contributed by atoms with van der Waals surface area (Å²) in [7, 11) is 1.33. The summed E-state index contributed by atoms with van der Waals surface area (Å²) in [5.41, 5.74) is 0. The molecule has 1 N–H and O–H groups in total. The number of hydrogen-bond acceptors (Lipinski definition) is 3. The van der Waals surface area contributed by atoms with Gasteiger partial charge in [0, 0.05) is 7.05 Å². The van der Waals surface area contributed by atoms with Gasteiger partial charge in [0.05, 0.1) is 0 Å². The second-order valence-electron chi connectivity index (χ2n) is 1.75. The molecule has 0 aliphatic carbocycles. The van der Waals surface area contributed by atoms with Crippen LogP contribution in [0.3, 0.4) is 0 Å². The van der Waals surface area contributed by atoms with Crippen LogP contribution in [-0.2, 0) is 4.79 Å². The van der Waals surface area contributed by atoms with Crippen LogP contribution in [0, 0.1) is 0 Å². The predicted octanol–water partition coefficient (Wildman–Crippen LogP) is 0.278. The second kappa shape index (κ2) is 3.63. The minimum absolute atomic E-state index is 0.657. The highest BCUT2D eigenvalue weighted by Gasteiger charge is 2.11. The molecular formula is C5H8N2O3. The van der Waals surface area contributed by atoms with Crippen LogP contribution in [-0.4, -0.2) is 35.4 Å². The van der Waals surface area contributed by atoms with E-state index >= 15 is 0 Å². The molecule has 0 spiro atoms. The molecule has 0 heterocycles. The Bertz CT molecular complexity index is 168. The molecule has 0 aromatic carbocycles. The van der Waals surface area contributed by atoms with Crippen LogP contribution in [0.2, 0.25) is 0 Å². The van der Waals surface area contributed by atoms with E-state index in [1.165, 1.54) is 20.1 Å². The smallest absolute Gasteiger partial charge is 0.408 e. The quantitative estimate of drug-likeness (QED) is 0.447. The number of hydrogen-bond donors (Lipinski definition) is 1. The first-order valence-electron chi connectivity index (χ1n) is 2.62. The molecule has 0 aliphatic heterocycles. The van der Waals surface area contributed by atoms with Gasteiger partial charge in [-0.15, -0.1) is 0 Å². The molecule has 0 saturated carbocycles. The number of carbonyl (C=O) groups is 1. The number of carboxylic acid groups (broad SMARTS) is 1. The van der Waals surface area contributed by atoms with E-state index in [2.05, 4.69) is 4.99 Å². The average Bonchev–Trinajstić information content (AvgIpc) is 1.87. The first kappa shape index (κ1) is 8.65. The van der Waals surface area contributed by atoms with Crippen LogP contribution < -0.4 is 0 Å². The van der Waals surface area contributed by atoms with E-state index in [0.29, 0.717) is 0 Å². The summed E-state index contributed by atoms with van der Waals surface area (Å²) in [5, 5.41) is 8.32. The molecule has 0 fully saturated rings. The Labute approximate surface area is 58.0 Å². The fraction of sp³-hybridized carbons (Fsp3) is 0.600. The van der Waals surface area contributed by atoms with E-state index in [1.54, 1.807) is 0 Å². The predicted molar refractivity (Wildman–Crippen MR) is 33.4 cm³/mol. The van der Waals surface area contributed by atoms with E-state index in [1.807, 2.05) is 0 Å². The molecule has 0 aromatic heterocycles. The van der Waals surface area contributed by atoms with Crippen LogP contribution in [0.1, 0.15) is 6.92 Å². The molecule has 0 bridgehead atoms.